The van der Waals surface area contributed by atoms with E-state index in [0.29, 0.717) is 19.3 Å². The monoisotopic (exact) mass is 374 g/mol. The standard InChI is InChI=1S/C21H34N4O2/c26-21(18-10-15-27-16-18)23-20-7-11-22-25(20)19-8-13-24(14-9-19)12-3-6-17-4-1-2-5-17/h7,11,17-19H,1-6,8-10,12-16H2,(H,23,26)/t18-/m1/s1. The first kappa shape index (κ1) is 18.9. The average molecular weight is 375 g/mol. The molecule has 3 aliphatic rings. The Hall–Kier alpha value is -1.40. The molecule has 1 aliphatic carbocycles. The molecule has 2 aliphatic heterocycles. The second-order valence-corrected chi connectivity index (χ2v) is 8.58. The van der Waals surface area contributed by atoms with Crippen molar-refractivity contribution in [1.29, 1.82) is 0 Å². The Balaban J connectivity index is 1.22. The van der Waals surface area contributed by atoms with Crippen LogP contribution in [-0.2, 0) is 9.53 Å². The number of hydrogen-bond donors (Lipinski definition) is 1. The van der Waals surface area contributed by atoms with E-state index in [-0.39, 0.29) is 11.8 Å². The largest absolute Gasteiger partial charge is 0.381 e. The first-order chi connectivity index (χ1) is 13.3. The van der Waals surface area contributed by atoms with Crippen molar-refractivity contribution < 1.29 is 9.53 Å². The predicted octanol–water partition coefficient (Wildman–Crippen LogP) is 3.47. The SMILES string of the molecule is O=C(Nc1ccnn1C1CCN(CCCC2CCCC2)CC1)[C@@H]1CCOC1. The number of amides is 1. The van der Waals surface area contributed by atoms with Gasteiger partial charge in [0.15, 0.2) is 0 Å². The molecule has 27 heavy (non-hydrogen) atoms. The maximum atomic E-state index is 12.4. The fourth-order valence-electron chi connectivity index (χ4n) is 4.96. The molecule has 3 heterocycles. The number of likely N-dealkylation sites (tertiary alicyclic amines) is 1. The van der Waals surface area contributed by atoms with Gasteiger partial charge in [-0.05, 0) is 44.6 Å². The molecule has 0 spiro atoms. The fraction of sp³-hybridized carbons (Fsp3) is 0.810. The minimum atomic E-state index is -0.0185. The van der Waals surface area contributed by atoms with Crippen molar-refractivity contribution in [1.82, 2.24) is 14.7 Å². The summed E-state index contributed by atoms with van der Waals surface area (Å²) in [4.78, 5) is 15.0. The Bertz CT molecular complexity index is 597. The number of carbonyl (C=O) groups excluding carboxylic acids is 1. The summed E-state index contributed by atoms with van der Waals surface area (Å²) >= 11 is 0. The lowest BCUT2D eigenvalue weighted by Crippen LogP contribution is -2.36. The average Bonchev–Trinajstić information content (AvgIpc) is 3.45. The van der Waals surface area contributed by atoms with E-state index in [0.717, 1.165) is 44.1 Å². The van der Waals surface area contributed by atoms with Crippen molar-refractivity contribution in [3.05, 3.63) is 12.3 Å². The number of anilines is 1. The van der Waals surface area contributed by atoms with E-state index in [4.69, 9.17) is 4.74 Å². The Morgan fingerprint density at radius 2 is 2.00 bits per heavy atom. The van der Waals surface area contributed by atoms with E-state index in [1.54, 1.807) is 6.20 Å². The molecular formula is C21H34N4O2. The maximum Gasteiger partial charge on any atom is 0.231 e. The van der Waals surface area contributed by atoms with Crippen LogP contribution in [0.4, 0.5) is 5.82 Å². The second kappa shape index (κ2) is 9.20. The van der Waals surface area contributed by atoms with E-state index >= 15 is 0 Å². The van der Waals surface area contributed by atoms with Crippen LogP contribution in [0, 0.1) is 11.8 Å². The smallest absolute Gasteiger partial charge is 0.231 e. The minimum Gasteiger partial charge on any atom is -0.381 e. The summed E-state index contributed by atoms with van der Waals surface area (Å²) < 4.78 is 7.36. The molecule has 0 unspecified atom stereocenters. The van der Waals surface area contributed by atoms with Gasteiger partial charge in [-0.25, -0.2) is 4.68 Å². The van der Waals surface area contributed by atoms with Crippen molar-refractivity contribution >= 4 is 11.7 Å². The van der Waals surface area contributed by atoms with Gasteiger partial charge in [0.2, 0.25) is 5.91 Å². The highest BCUT2D eigenvalue weighted by molar-refractivity contribution is 5.92. The maximum absolute atomic E-state index is 12.4. The number of nitrogens with zero attached hydrogens (tertiary/aromatic N) is 3. The quantitative estimate of drug-likeness (QED) is 0.794. The molecular weight excluding hydrogens is 340 g/mol. The summed E-state index contributed by atoms with van der Waals surface area (Å²) in [6, 6.07) is 2.31. The molecule has 4 rings (SSSR count). The Morgan fingerprint density at radius 3 is 2.74 bits per heavy atom. The van der Waals surface area contributed by atoms with Crippen LogP contribution in [0.2, 0.25) is 0 Å². The van der Waals surface area contributed by atoms with Gasteiger partial charge < -0.3 is 15.0 Å². The number of aromatic nitrogens is 2. The molecule has 1 N–H and O–H groups in total. The lowest BCUT2D eigenvalue weighted by Gasteiger charge is -2.33. The van der Waals surface area contributed by atoms with Gasteiger partial charge in [0, 0.05) is 25.8 Å². The third kappa shape index (κ3) is 4.91. The molecule has 0 radical (unpaired) electrons. The van der Waals surface area contributed by atoms with E-state index in [2.05, 4.69) is 15.3 Å². The Kier molecular flexibility index (Phi) is 6.45. The zero-order valence-corrected chi connectivity index (χ0v) is 16.4. The van der Waals surface area contributed by atoms with Gasteiger partial charge in [0.1, 0.15) is 5.82 Å². The molecule has 6 nitrogen and oxygen atoms in total. The van der Waals surface area contributed by atoms with Crippen LogP contribution in [0.1, 0.15) is 63.8 Å². The van der Waals surface area contributed by atoms with Gasteiger partial charge in [-0.2, -0.15) is 5.10 Å². The molecule has 1 saturated carbocycles. The first-order valence-electron chi connectivity index (χ1n) is 10.9. The van der Waals surface area contributed by atoms with Crippen molar-refractivity contribution in [3.63, 3.8) is 0 Å². The third-order valence-corrected chi connectivity index (χ3v) is 6.69. The lowest BCUT2D eigenvalue weighted by molar-refractivity contribution is -0.119. The Morgan fingerprint density at radius 1 is 1.19 bits per heavy atom. The van der Waals surface area contributed by atoms with Crippen LogP contribution in [0.5, 0.6) is 0 Å². The number of piperidine rings is 1. The van der Waals surface area contributed by atoms with Crippen LogP contribution < -0.4 is 5.32 Å². The molecule has 3 fully saturated rings. The Labute approximate surface area is 162 Å². The summed E-state index contributed by atoms with van der Waals surface area (Å²) in [7, 11) is 0. The normalized spacial score (nSPS) is 25.3. The molecule has 1 atom stereocenters. The number of carbonyl (C=O) groups is 1. The number of nitrogens with one attached hydrogen (secondary N) is 1. The molecule has 2 saturated heterocycles. The minimum absolute atomic E-state index is 0.0185. The summed E-state index contributed by atoms with van der Waals surface area (Å²) in [5.74, 6) is 1.89. The van der Waals surface area contributed by atoms with Crippen LogP contribution in [0.15, 0.2) is 12.3 Å². The topological polar surface area (TPSA) is 59.4 Å². The third-order valence-electron chi connectivity index (χ3n) is 6.69. The van der Waals surface area contributed by atoms with Crippen LogP contribution in [0.3, 0.4) is 0 Å². The number of ether oxygens (including phenoxy) is 1. The number of hydrogen-bond acceptors (Lipinski definition) is 4. The van der Waals surface area contributed by atoms with Gasteiger partial charge in [-0.3, -0.25) is 4.79 Å². The van der Waals surface area contributed by atoms with Crippen molar-refractivity contribution in [3.8, 4) is 0 Å². The van der Waals surface area contributed by atoms with E-state index in [1.807, 2.05) is 10.7 Å². The van der Waals surface area contributed by atoms with Gasteiger partial charge in [-0.15, -0.1) is 0 Å². The van der Waals surface area contributed by atoms with Crippen LogP contribution in [-0.4, -0.2) is 53.4 Å². The van der Waals surface area contributed by atoms with Crippen molar-refractivity contribution in [2.75, 3.05) is 38.2 Å². The van der Waals surface area contributed by atoms with Gasteiger partial charge in [0.25, 0.3) is 0 Å². The molecule has 150 valence electrons. The molecule has 1 aromatic rings. The molecule has 1 amide bonds. The molecule has 0 aromatic carbocycles. The summed E-state index contributed by atoms with van der Waals surface area (Å²) in [6.07, 6.45) is 13.4. The lowest BCUT2D eigenvalue weighted by atomic mass is 10.0. The van der Waals surface area contributed by atoms with Gasteiger partial charge >= 0.3 is 0 Å². The highest BCUT2D eigenvalue weighted by Gasteiger charge is 2.27. The zero-order chi connectivity index (χ0) is 18.5. The molecule has 1 aromatic heterocycles. The van der Waals surface area contributed by atoms with Crippen LogP contribution >= 0.6 is 0 Å². The summed E-state index contributed by atoms with van der Waals surface area (Å²) in [5, 5.41) is 7.59. The second-order valence-electron chi connectivity index (χ2n) is 8.58. The fourth-order valence-corrected chi connectivity index (χ4v) is 4.96. The van der Waals surface area contributed by atoms with E-state index in [9.17, 15) is 4.79 Å². The van der Waals surface area contributed by atoms with Crippen molar-refractivity contribution in [2.45, 2.75) is 63.8 Å². The van der Waals surface area contributed by atoms with E-state index in [1.165, 1.54) is 45.1 Å². The summed E-state index contributed by atoms with van der Waals surface area (Å²) in [6.45, 7) is 4.75. The predicted molar refractivity (Wildman–Crippen MR) is 106 cm³/mol. The van der Waals surface area contributed by atoms with Crippen LogP contribution in [0.25, 0.3) is 0 Å². The molecule has 0 bridgehead atoms. The highest BCUT2D eigenvalue weighted by Crippen LogP contribution is 2.30. The van der Waals surface area contributed by atoms with Gasteiger partial charge in [-0.1, -0.05) is 25.7 Å². The highest BCUT2D eigenvalue weighted by atomic mass is 16.5. The zero-order valence-electron chi connectivity index (χ0n) is 16.4. The summed E-state index contributed by atoms with van der Waals surface area (Å²) in [5.41, 5.74) is 0. The number of rotatable bonds is 7. The first-order valence-corrected chi connectivity index (χ1v) is 10.9. The molecule has 6 heteroatoms. The van der Waals surface area contributed by atoms with Gasteiger partial charge in [0.05, 0.1) is 24.8 Å². The van der Waals surface area contributed by atoms with Crippen molar-refractivity contribution in [2.24, 2.45) is 11.8 Å². The van der Waals surface area contributed by atoms with E-state index < -0.39 is 0 Å².